The molecule has 0 aromatic carbocycles. The Morgan fingerprint density at radius 1 is 1.41 bits per heavy atom. The Morgan fingerprint density at radius 3 is 3.00 bits per heavy atom. The van der Waals surface area contributed by atoms with Gasteiger partial charge in [0, 0.05) is 12.7 Å². The van der Waals surface area contributed by atoms with Gasteiger partial charge >= 0.3 is 0 Å². The number of carbonyl (C=O) groups excluding carboxylic acids is 1. The summed E-state index contributed by atoms with van der Waals surface area (Å²) in [5, 5.41) is 7.20. The van der Waals surface area contributed by atoms with Crippen LogP contribution in [-0.2, 0) is 0 Å². The minimum Gasteiger partial charge on any atom is -0.352 e. The minimum absolute atomic E-state index is 0.141. The van der Waals surface area contributed by atoms with E-state index in [1.54, 1.807) is 16.9 Å². The van der Waals surface area contributed by atoms with E-state index in [0.717, 1.165) is 23.4 Å². The third-order valence-electron chi connectivity index (χ3n) is 3.29. The molecule has 0 aliphatic rings. The summed E-state index contributed by atoms with van der Waals surface area (Å²) in [6.07, 6.45) is 5.24. The first kappa shape index (κ1) is 15.0. The zero-order valence-corrected chi connectivity index (χ0v) is 13.6. The number of amides is 1. The van der Waals surface area contributed by atoms with Crippen molar-refractivity contribution in [2.45, 2.75) is 19.8 Å². The number of halogens is 1. The Bertz CT molecular complexity index is 811. The molecule has 0 aliphatic heterocycles. The van der Waals surface area contributed by atoms with Crippen LogP contribution in [0, 0.1) is 0 Å². The Balaban J connectivity index is 1.97. The Kier molecular flexibility index (Phi) is 4.40. The molecule has 0 unspecified atom stereocenters. The fraction of sp³-hybridized carbons (Fsp3) is 0.267. The molecule has 0 saturated heterocycles. The molecule has 3 heterocycles. The van der Waals surface area contributed by atoms with E-state index in [0.29, 0.717) is 22.1 Å². The van der Waals surface area contributed by atoms with E-state index in [1.165, 1.54) is 11.3 Å². The summed E-state index contributed by atoms with van der Waals surface area (Å²) >= 11 is 7.46. The van der Waals surface area contributed by atoms with Crippen LogP contribution in [0.25, 0.3) is 16.2 Å². The van der Waals surface area contributed by atoms with Crippen LogP contribution < -0.4 is 5.32 Å². The highest BCUT2D eigenvalue weighted by molar-refractivity contribution is 7.19. The first-order valence-electron chi connectivity index (χ1n) is 7.07. The average molecular weight is 335 g/mol. The number of fused-ring (bicyclic) bond motifs is 1. The van der Waals surface area contributed by atoms with Gasteiger partial charge in [-0.15, -0.1) is 11.3 Å². The van der Waals surface area contributed by atoms with Gasteiger partial charge in [0.1, 0.15) is 5.56 Å². The fourth-order valence-corrected chi connectivity index (χ4v) is 3.22. The molecular formula is C15H15ClN4OS. The summed E-state index contributed by atoms with van der Waals surface area (Å²) in [7, 11) is 0. The Morgan fingerprint density at radius 2 is 2.27 bits per heavy atom. The third kappa shape index (κ3) is 2.84. The van der Waals surface area contributed by atoms with E-state index >= 15 is 0 Å². The van der Waals surface area contributed by atoms with E-state index in [4.69, 9.17) is 11.6 Å². The van der Waals surface area contributed by atoms with Crippen LogP contribution in [0.4, 0.5) is 0 Å². The summed E-state index contributed by atoms with van der Waals surface area (Å²) in [6, 6.07) is 5.64. The molecule has 1 amide bonds. The van der Waals surface area contributed by atoms with E-state index in [2.05, 4.69) is 22.3 Å². The van der Waals surface area contributed by atoms with Crippen molar-refractivity contribution < 1.29 is 4.79 Å². The van der Waals surface area contributed by atoms with Crippen LogP contribution in [-0.4, -0.2) is 27.0 Å². The molecule has 7 heteroatoms. The van der Waals surface area contributed by atoms with Gasteiger partial charge in [-0.3, -0.25) is 4.79 Å². The van der Waals surface area contributed by atoms with Crippen molar-refractivity contribution in [1.29, 1.82) is 0 Å². The van der Waals surface area contributed by atoms with Crippen molar-refractivity contribution in [1.82, 2.24) is 19.9 Å². The molecular weight excluding hydrogens is 320 g/mol. The van der Waals surface area contributed by atoms with Crippen molar-refractivity contribution in [3.63, 3.8) is 0 Å². The van der Waals surface area contributed by atoms with E-state index in [-0.39, 0.29) is 5.91 Å². The van der Waals surface area contributed by atoms with Crippen molar-refractivity contribution in [2.24, 2.45) is 0 Å². The topological polar surface area (TPSA) is 59.3 Å². The molecule has 0 bridgehead atoms. The maximum Gasteiger partial charge on any atom is 0.256 e. The molecule has 0 fully saturated rings. The van der Waals surface area contributed by atoms with Gasteiger partial charge in [0.05, 0.1) is 21.1 Å². The molecule has 3 rings (SSSR count). The molecule has 0 radical (unpaired) electrons. The minimum atomic E-state index is -0.141. The summed E-state index contributed by atoms with van der Waals surface area (Å²) in [4.78, 5) is 17.5. The monoisotopic (exact) mass is 334 g/mol. The van der Waals surface area contributed by atoms with Crippen LogP contribution in [0.3, 0.4) is 0 Å². The predicted octanol–water partition coefficient (Wildman–Crippen LogP) is 3.64. The van der Waals surface area contributed by atoms with Crippen molar-refractivity contribution in [3.05, 3.63) is 40.5 Å². The summed E-state index contributed by atoms with van der Waals surface area (Å²) in [6.45, 7) is 2.74. The first-order chi connectivity index (χ1) is 10.7. The van der Waals surface area contributed by atoms with Gasteiger partial charge in [0.15, 0.2) is 5.65 Å². The van der Waals surface area contributed by atoms with Gasteiger partial charge in [-0.1, -0.05) is 24.9 Å². The third-order valence-corrected chi connectivity index (χ3v) is 4.54. The van der Waals surface area contributed by atoms with Crippen LogP contribution in [0.5, 0.6) is 0 Å². The number of aromatic nitrogens is 3. The maximum atomic E-state index is 12.2. The lowest BCUT2D eigenvalue weighted by molar-refractivity contribution is 0.0954. The van der Waals surface area contributed by atoms with Gasteiger partial charge in [0.25, 0.3) is 5.91 Å². The highest BCUT2D eigenvalue weighted by atomic mass is 35.5. The summed E-state index contributed by atoms with van der Waals surface area (Å²) in [5.41, 5.74) is 1.91. The highest BCUT2D eigenvalue weighted by Gasteiger charge is 2.16. The van der Waals surface area contributed by atoms with Crippen LogP contribution in [0.1, 0.15) is 30.1 Å². The zero-order chi connectivity index (χ0) is 15.5. The lowest BCUT2D eigenvalue weighted by Gasteiger charge is -2.04. The van der Waals surface area contributed by atoms with Gasteiger partial charge in [-0.25, -0.2) is 9.50 Å². The van der Waals surface area contributed by atoms with Gasteiger partial charge < -0.3 is 5.32 Å². The Labute approximate surface area is 136 Å². The number of thiophene rings is 1. The molecule has 1 N–H and O–H groups in total. The second kappa shape index (κ2) is 6.46. The molecule has 22 heavy (non-hydrogen) atoms. The zero-order valence-electron chi connectivity index (χ0n) is 12.0. The summed E-state index contributed by atoms with van der Waals surface area (Å²) in [5.74, 6) is -0.141. The van der Waals surface area contributed by atoms with Gasteiger partial charge in [-0.2, -0.15) is 5.10 Å². The molecule has 0 spiro atoms. The lowest BCUT2D eigenvalue weighted by Crippen LogP contribution is -2.24. The number of unbranched alkanes of at least 4 members (excludes halogenated alkanes) is 1. The second-order valence-corrected chi connectivity index (χ2v) is 6.55. The standard InChI is InChI=1S/C15H15ClN4OS/c1-2-3-7-18-15(21)10-9-19-20-11(6-8-17-14(10)20)12-4-5-13(16)22-12/h4-6,8-9H,2-3,7H2,1H3,(H,18,21). The van der Waals surface area contributed by atoms with Crippen LogP contribution in [0.15, 0.2) is 30.6 Å². The van der Waals surface area contributed by atoms with E-state index in [9.17, 15) is 4.79 Å². The normalized spacial score (nSPS) is 11.0. The quantitative estimate of drug-likeness (QED) is 0.725. The molecule has 3 aromatic rings. The molecule has 0 aliphatic carbocycles. The smallest absolute Gasteiger partial charge is 0.256 e. The predicted molar refractivity (Wildman–Crippen MR) is 88.6 cm³/mol. The van der Waals surface area contributed by atoms with Gasteiger partial charge in [-0.05, 0) is 24.6 Å². The average Bonchev–Trinajstić information content (AvgIpc) is 3.13. The first-order valence-corrected chi connectivity index (χ1v) is 8.27. The number of nitrogens with zero attached hydrogens (tertiary/aromatic N) is 3. The van der Waals surface area contributed by atoms with Crippen molar-refractivity contribution in [3.8, 4) is 10.6 Å². The largest absolute Gasteiger partial charge is 0.352 e. The number of hydrogen-bond acceptors (Lipinski definition) is 4. The van der Waals surface area contributed by atoms with E-state index in [1.807, 2.05) is 18.2 Å². The number of rotatable bonds is 5. The molecule has 5 nitrogen and oxygen atoms in total. The van der Waals surface area contributed by atoms with Crippen LogP contribution >= 0.6 is 22.9 Å². The number of nitrogens with one attached hydrogen (secondary N) is 1. The summed E-state index contributed by atoms with van der Waals surface area (Å²) < 4.78 is 2.39. The van der Waals surface area contributed by atoms with E-state index < -0.39 is 0 Å². The Hall–Kier alpha value is -1.92. The van der Waals surface area contributed by atoms with Crippen molar-refractivity contribution in [2.75, 3.05) is 6.54 Å². The maximum absolute atomic E-state index is 12.2. The molecule has 114 valence electrons. The van der Waals surface area contributed by atoms with Gasteiger partial charge in [0.2, 0.25) is 0 Å². The molecule has 0 atom stereocenters. The fourth-order valence-electron chi connectivity index (χ4n) is 2.16. The molecule has 0 saturated carbocycles. The highest BCUT2D eigenvalue weighted by Crippen LogP contribution is 2.31. The molecule has 3 aromatic heterocycles. The van der Waals surface area contributed by atoms with Crippen molar-refractivity contribution >= 4 is 34.5 Å². The SMILES string of the molecule is CCCCNC(=O)c1cnn2c(-c3ccc(Cl)s3)ccnc12. The second-order valence-electron chi connectivity index (χ2n) is 4.84. The lowest BCUT2D eigenvalue weighted by atomic mass is 10.3. The number of carbonyl (C=O) groups is 1. The number of hydrogen-bond donors (Lipinski definition) is 1. The van der Waals surface area contributed by atoms with Crippen LogP contribution in [0.2, 0.25) is 4.34 Å².